The summed E-state index contributed by atoms with van der Waals surface area (Å²) in [7, 11) is -4.18. The maximum Gasteiger partial charge on any atom is 0.224 e. The van der Waals surface area contributed by atoms with Crippen LogP contribution in [-0.4, -0.2) is 82.3 Å². The molecule has 1 aromatic carbocycles. The first-order valence-corrected chi connectivity index (χ1v) is 17.3. The first-order chi connectivity index (χ1) is 21.5. The van der Waals surface area contributed by atoms with Crippen molar-refractivity contribution in [2.75, 3.05) is 36.1 Å². The molecule has 3 heterocycles. The number of thiazole rings is 1. The number of halogens is 2. The first kappa shape index (κ1) is 31.6. The number of nitrogens with one attached hydrogen (secondary N) is 2. The molecule has 4 N–H and O–H groups in total. The van der Waals surface area contributed by atoms with Crippen molar-refractivity contribution in [2.24, 2.45) is 5.92 Å². The summed E-state index contributed by atoms with van der Waals surface area (Å²) in [4.78, 5) is 18.4. The lowest BCUT2D eigenvalue weighted by molar-refractivity contribution is 0.0216. The highest BCUT2D eigenvalue weighted by Gasteiger charge is 2.44. The standard InChI is InChI=1S/C30H34F2N6O5S2/c1-3-43-9-8-34-30-35-15(2)23(29-37-25-22(44-29)6-7-33-24(25)16-4-5-16)28(38-30)36-21-10-17(26(39)27(21)40)14-45(41,42)20-12-18(31)11-19(32)13-20/h6-7,11-13,16-17,21,26-27,39-40H,3-5,8-10,14H2,1-2H3,(H2,34,35,36,38)/t17-,21-,26-,27+/m1/s1. The topological polar surface area (TPSA) is 159 Å². The molecule has 2 aliphatic carbocycles. The van der Waals surface area contributed by atoms with Crippen LogP contribution in [-0.2, 0) is 14.6 Å². The minimum atomic E-state index is -4.18. The third-order valence-electron chi connectivity index (χ3n) is 8.09. The summed E-state index contributed by atoms with van der Waals surface area (Å²) < 4.78 is 60.0. The summed E-state index contributed by atoms with van der Waals surface area (Å²) in [6, 6.07) is 3.19. The fourth-order valence-corrected chi connectivity index (χ4v) is 8.46. The Morgan fingerprint density at radius 1 is 1.09 bits per heavy atom. The van der Waals surface area contributed by atoms with E-state index in [1.165, 1.54) is 11.3 Å². The minimum absolute atomic E-state index is 0.0462. The van der Waals surface area contributed by atoms with Crippen molar-refractivity contribution in [3.8, 4) is 10.6 Å². The fraction of sp³-hybridized carbons (Fsp3) is 0.467. The number of pyridine rings is 1. The molecule has 0 spiro atoms. The fourth-order valence-electron chi connectivity index (χ4n) is 5.72. The molecular formula is C30H34F2N6O5S2. The van der Waals surface area contributed by atoms with Gasteiger partial charge >= 0.3 is 0 Å². The zero-order chi connectivity index (χ0) is 31.9. The normalized spacial score (nSPS) is 21.8. The minimum Gasteiger partial charge on any atom is -0.390 e. The maximum atomic E-state index is 13.8. The van der Waals surface area contributed by atoms with Gasteiger partial charge in [0, 0.05) is 37.3 Å². The van der Waals surface area contributed by atoms with Crippen molar-refractivity contribution in [1.29, 1.82) is 0 Å². The lowest BCUT2D eigenvalue weighted by atomic mass is 10.1. The van der Waals surface area contributed by atoms with Gasteiger partial charge in [-0.15, -0.1) is 11.3 Å². The summed E-state index contributed by atoms with van der Waals surface area (Å²) in [5, 5.41) is 29.0. The Balaban J connectivity index is 1.31. The molecule has 45 heavy (non-hydrogen) atoms. The van der Waals surface area contributed by atoms with Crippen molar-refractivity contribution < 1.29 is 32.1 Å². The van der Waals surface area contributed by atoms with Gasteiger partial charge in [0.25, 0.3) is 0 Å². The predicted octanol–water partition coefficient (Wildman–Crippen LogP) is 4.06. The van der Waals surface area contributed by atoms with E-state index in [9.17, 15) is 27.4 Å². The van der Waals surface area contributed by atoms with E-state index in [2.05, 4.69) is 20.6 Å². The van der Waals surface area contributed by atoms with E-state index in [0.29, 0.717) is 59.8 Å². The Kier molecular flexibility index (Phi) is 8.98. The molecule has 2 saturated carbocycles. The number of rotatable bonds is 12. The van der Waals surface area contributed by atoms with E-state index in [-0.39, 0.29) is 6.42 Å². The van der Waals surface area contributed by atoms with Crippen molar-refractivity contribution in [1.82, 2.24) is 19.9 Å². The highest BCUT2D eigenvalue weighted by molar-refractivity contribution is 7.91. The van der Waals surface area contributed by atoms with Crippen molar-refractivity contribution in [3.05, 3.63) is 53.5 Å². The molecule has 0 amide bonds. The van der Waals surface area contributed by atoms with Crippen LogP contribution < -0.4 is 10.6 Å². The molecule has 0 bridgehead atoms. The number of aryl methyl sites for hydroxylation is 1. The van der Waals surface area contributed by atoms with Crippen LogP contribution >= 0.6 is 11.3 Å². The largest absolute Gasteiger partial charge is 0.390 e. The number of aliphatic hydroxyl groups excluding tert-OH is 2. The highest BCUT2D eigenvalue weighted by atomic mass is 32.2. The van der Waals surface area contributed by atoms with Crippen LogP contribution in [0.15, 0.2) is 35.4 Å². The van der Waals surface area contributed by atoms with E-state index in [4.69, 9.17) is 14.7 Å². The summed E-state index contributed by atoms with van der Waals surface area (Å²) in [6.45, 7) is 5.19. The number of ether oxygens (including phenoxy) is 1. The van der Waals surface area contributed by atoms with Gasteiger partial charge in [-0.3, -0.25) is 4.98 Å². The van der Waals surface area contributed by atoms with Gasteiger partial charge in [-0.1, -0.05) is 0 Å². The van der Waals surface area contributed by atoms with E-state index >= 15 is 0 Å². The van der Waals surface area contributed by atoms with Gasteiger partial charge in [0.1, 0.15) is 34.1 Å². The Labute approximate surface area is 263 Å². The zero-order valence-corrected chi connectivity index (χ0v) is 26.3. The molecule has 0 aliphatic heterocycles. The average Bonchev–Trinajstić information content (AvgIpc) is 3.69. The smallest absolute Gasteiger partial charge is 0.224 e. The SMILES string of the molecule is CCOCCNc1nc(C)c(-c2nc3c(C4CC4)nccc3s2)c(N[C@@H]2C[C@H](CS(=O)(=O)c3cc(F)cc(F)c3)[C@@H](O)[C@H]2O)n1. The number of sulfone groups is 1. The Hall–Kier alpha value is -3.37. The molecule has 4 aromatic rings. The number of aromatic nitrogens is 4. The number of nitrogens with zero attached hydrogens (tertiary/aromatic N) is 4. The number of anilines is 2. The number of fused-ring (bicyclic) bond motifs is 1. The van der Waals surface area contributed by atoms with Crippen LogP contribution in [0.4, 0.5) is 20.5 Å². The first-order valence-electron chi connectivity index (χ1n) is 14.8. The monoisotopic (exact) mass is 660 g/mol. The quantitative estimate of drug-likeness (QED) is 0.162. The van der Waals surface area contributed by atoms with Crippen LogP contribution in [0.25, 0.3) is 20.8 Å². The van der Waals surface area contributed by atoms with Crippen LogP contribution in [0.3, 0.4) is 0 Å². The molecule has 2 aliphatic rings. The average molecular weight is 661 g/mol. The van der Waals surface area contributed by atoms with Gasteiger partial charge in [-0.05, 0) is 51.3 Å². The maximum absolute atomic E-state index is 13.8. The molecule has 15 heteroatoms. The number of hydrogen-bond donors (Lipinski definition) is 4. The van der Waals surface area contributed by atoms with Crippen molar-refractivity contribution >= 4 is 43.2 Å². The third kappa shape index (κ3) is 6.77. The third-order valence-corrected chi connectivity index (χ3v) is 10.9. The molecule has 4 atom stereocenters. The Morgan fingerprint density at radius 2 is 1.84 bits per heavy atom. The second-order valence-electron chi connectivity index (χ2n) is 11.4. The van der Waals surface area contributed by atoms with Crippen LogP contribution in [0, 0.1) is 24.5 Å². The predicted molar refractivity (Wildman–Crippen MR) is 166 cm³/mol. The van der Waals surface area contributed by atoms with Gasteiger partial charge in [0.2, 0.25) is 5.95 Å². The van der Waals surface area contributed by atoms with Crippen LogP contribution in [0.2, 0.25) is 0 Å². The summed E-state index contributed by atoms with van der Waals surface area (Å²) in [5.74, 6) is -2.50. The van der Waals surface area contributed by atoms with E-state index < -0.39 is 56.3 Å². The van der Waals surface area contributed by atoms with Gasteiger partial charge in [-0.25, -0.2) is 27.2 Å². The summed E-state index contributed by atoms with van der Waals surface area (Å²) >= 11 is 1.47. The lowest BCUT2D eigenvalue weighted by Crippen LogP contribution is -2.36. The molecule has 0 radical (unpaired) electrons. The van der Waals surface area contributed by atoms with Gasteiger partial charge < -0.3 is 25.6 Å². The second-order valence-corrected chi connectivity index (χ2v) is 14.5. The van der Waals surface area contributed by atoms with E-state index in [0.717, 1.165) is 40.9 Å². The van der Waals surface area contributed by atoms with Gasteiger partial charge in [0.15, 0.2) is 9.84 Å². The van der Waals surface area contributed by atoms with Crippen molar-refractivity contribution in [3.63, 3.8) is 0 Å². The molecular weight excluding hydrogens is 626 g/mol. The number of aliphatic hydroxyl groups is 2. The molecule has 240 valence electrons. The van der Waals surface area contributed by atoms with Crippen LogP contribution in [0.1, 0.15) is 43.5 Å². The molecule has 0 saturated heterocycles. The van der Waals surface area contributed by atoms with Crippen LogP contribution in [0.5, 0.6) is 0 Å². The van der Waals surface area contributed by atoms with Gasteiger partial charge in [-0.2, -0.15) is 4.98 Å². The molecule has 3 aromatic heterocycles. The summed E-state index contributed by atoms with van der Waals surface area (Å²) in [5.41, 5.74) is 3.03. The zero-order valence-electron chi connectivity index (χ0n) is 24.7. The molecule has 2 fully saturated rings. The van der Waals surface area contributed by atoms with E-state index in [1.807, 2.05) is 19.9 Å². The molecule has 6 rings (SSSR count). The Morgan fingerprint density at radius 3 is 2.56 bits per heavy atom. The van der Waals surface area contributed by atoms with Gasteiger partial charge in [0.05, 0.1) is 51.1 Å². The molecule has 0 unspecified atom stereocenters. The van der Waals surface area contributed by atoms with E-state index in [1.54, 1.807) is 6.20 Å². The molecule has 11 nitrogen and oxygen atoms in total. The second kappa shape index (κ2) is 12.8. The Bertz CT molecular complexity index is 1800. The lowest BCUT2D eigenvalue weighted by Gasteiger charge is -2.21. The number of hydrogen-bond acceptors (Lipinski definition) is 12. The number of benzene rings is 1. The van der Waals surface area contributed by atoms with Crippen molar-refractivity contribution in [2.45, 2.75) is 62.2 Å². The highest BCUT2D eigenvalue weighted by Crippen LogP contribution is 2.44. The summed E-state index contributed by atoms with van der Waals surface area (Å²) in [6.07, 6.45) is 1.21.